The zero-order valence-electron chi connectivity index (χ0n) is 9.52. The second kappa shape index (κ2) is 4.08. The normalized spacial score (nSPS) is 12.2. The zero-order valence-corrected chi connectivity index (χ0v) is 9.52. The molecule has 0 bridgehead atoms. The number of nitrogens with one attached hydrogen (secondary N) is 1. The molecule has 0 saturated carbocycles. The Labute approximate surface area is 105 Å². The van der Waals surface area contributed by atoms with E-state index in [4.69, 9.17) is 0 Å². The molecule has 0 radical (unpaired) electrons. The highest BCUT2D eigenvalue weighted by Gasteiger charge is 2.36. The number of halogens is 3. The third-order valence-corrected chi connectivity index (χ3v) is 2.63. The van der Waals surface area contributed by atoms with E-state index in [1.54, 1.807) is 10.9 Å². The second-order valence-corrected chi connectivity index (χ2v) is 3.96. The second-order valence-electron chi connectivity index (χ2n) is 3.96. The Hall–Kier alpha value is -2.38. The monoisotopic (exact) mass is 267 g/mol. The van der Waals surface area contributed by atoms with Crippen molar-refractivity contribution in [2.75, 3.05) is 0 Å². The molecule has 0 atom stereocenters. The van der Waals surface area contributed by atoms with E-state index in [9.17, 15) is 13.2 Å². The highest BCUT2D eigenvalue weighted by molar-refractivity contribution is 5.74. The number of hydrogen-bond acceptors (Lipinski definition) is 3. The molecule has 8 heteroatoms. The van der Waals surface area contributed by atoms with Gasteiger partial charge < -0.3 is 4.57 Å². The molecule has 3 rings (SSSR count). The van der Waals surface area contributed by atoms with Crippen LogP contribution in [0.4, 0.5) is 13.2 Å². The van der Waals surface area contributed by atoms with E-state index in [-0.39, 0.29) is 12.4 Å². The molecule has 0 saturated heterocycles. The molecule has 1 aromatic carbocycles. The van der Waals surface area contributed by atoms with E-state index in [1.165, 1.54) is 0 Å². The van der Waals surface area contributed by atoms with Crippen LogP contribution < -0.4 is 0 Å². The summed E-state index contributed by atoms with van der Waals surface area (Å²) in [5.41, 5.74) is 1.60. The van der Waals surface area contributed by atoms with E-state index in [0.29, 0.717) is 0 Å². The predicted molar refractivity (Wildman–Crippen MR) is 60.2 cm³/mol. The van der Waals surface area contributed by atoms with Crippen LogP contribution in [0.25, 0.3) is 11.0 Å². The molecule has 0 fully saturated rings. The third kappa shape index (κ3) is 2.16. The number of alkyl halides is 3. The van der Waals surface area contributed by atoms with Crippen LogP contribution in [0.15, 0.2) is 30.6 Å². The average Bonchev–Trinajstić information content (AvgIpc) is 2.97. The van der Waals surface area contributed by atoms with Crippen molar-refractivity contribution >= 4 is 11.0 Å². The minimum Gasteiger partial charge on any atom is -0.323 e. The number of fused-ring (bicyclic) bond motifs is 1. The Morgan fingerprint density at radius 3 is 2.74 bits per heavy atom. The lowest BCUT2D eigenvalue weighted by atomic mass is 10.3. The Bertz CT molecular complexity index is 712. The van der Waals surface area contributed by atoms with E-state index in [2.05, 4.69) is 20.2 Å². The van der Waals surface area contributed by atoms with Gasteiger partial charge in [0, 0.05) is 0 Å². The maximum absolute atomic E-state index is 12.4. The zero-order chi connectivity index (χ0) is 13.5. The van der Waals surface area contributed by atoms with Gasteiger partial charge in [-0.1, -0.05) is 12.1 Å². The van der Waals surface area contributed by atoms with Crippen molar-refractivity contribution in [3.8, 4) is 0 Å². The fourth-order valence-corrected chi connectivity index (χ4v) is 1.79. The standard InChI is InChI=1S/C11H8F3N5/c12-11(13,14)10-16-9(17-18-10)5-19-6-15-7-3-1-2-4-8(7)19/h1-4,6H,5H2,(H,16,17,18). The lowest BCUT2D eigenvalue weighted by Gasteiger charge is -2.00. The molecule has 0 aliphatic heterocycles. The van der Waals surface area contributed by atoms with Gasteiger partial charge in [-0.3, -0.25) is 5.10 Å². The van der Waals surface area contributed by atoms with Crippen LogP contribution in [0.3, 0.4) is 0 Å². The molecule has 19 heavy (non-hydrogen) atoms. The molecule has 0 spiro atoms. The number of para-hydroxylation sites is 2. The lowest BCUT2D eigenvalue weighted by Crippen LogP contribution is -2.07. The molecular weight excluding hydrogens is 259 g/mol. The summed E-state index contributed by atoms with van der Waals surface area (Å²) in [6.45, 7) is 0.156. The number of H-pyrrole nitrogens is 1. The van der Waals surface area contributed by atoms with Crippen LogP contribution in [0.5, 0.6) is 0 Å². The number of nitrogens with zero attached hydrogens (tertiary/aromatic N) is 4. The molecule has 0 aliphatic rings. The fraction of sp³-hybridized carbons (Fsp3) is 0.182. The van der Waals surface area contributed by atoms with Crippen LogP contribution in [0.2, 0.25) is 0 Å². The van der Waals surface area contributed by atoms with Crippen molar-refractivity contribution in [3.05, 3.63) is 42.2 Å². The van der Waals surface area contributed by atoms with Gasteiger partial charge in [-0.05, 0) is 12.1 Å². The van der Waals surface area contributed by atoms with Crippen molar-refractivity contribution in [1.82, 2.24) is 24.7 Å². The first-order valence-electron chi connectivity index (χ1n) is 5.42. The summed E-state index contributed by atoms with van der Waals surface area (Å²) < 4.78 is 38.8. The highest BCUT2D eigenvalue weighted by atomic mass is 19.4. The van der Waals surface area contributed by atoms with Crippen molar-refractivity contribution in [1.29, 1.82) is 0 Å². The molecule has 0 amide bonds. The van der Waals surface area contributed by atoms with Crippen LogP contribution in [0.1, 0.15) is 11.6 Å². The van der Waals surface area contributed by atoms with E-state index in [1.807, 2.05) is 24.3 Å². The molecule has 1 N–H and O–H groups in total. The molecule has 5 nitrogen and oxygen atoms in total. The van der Waals surface area contributed by atoms with Crippen molar-refractivity contribution < 1.29 is 13.2 Å². The fourth-order valence-electron chi connectivity index (χ4n) is 1.79. The van der Waals surface area contributed by atoms with Crippen molar-refractivity contribution in [2.45, 2.75) is 12.7 Å². The quantitative estimate of drug-likeness (QED) is 0.774. The summed E-state index contributed by atoms with van der Waals surface area (Å²) in [6.07, 6.45) is -2.98. The Morgan fingerprint density at radius 2 is 2.00 bits per heavy atom. The molecule has 3 aromatic rings. The number of aromatic nitrogens is 5. The number of imidazole rings is 1. The van der Waals surface area contributed by atoms with Crippen molar-refractivity contribution in [2.24, 2.45) is 0 Å². The van der Waals surface area contributed by atoms with Crippen molar-refractivity contribution in [3.63, 3.8) is 0 Å². The van der Waals surface area contributed by atoms with Crippen LogP contribution in [-0.2, 0) is 12.7 Å². The van der Waals surface area contributed by atoms with Gasteiger partial charge in [-0.2, -0.15) is 13.2 Å². The third-order valence-electron chi connectivity index (χ3n) is 2.63. The average molecular weight is 267 g/mol. The van der Waals surface area contributed by atoms with Crippen LogP contribution in [0, 0.1) is 0 Å². The van der Waals surface area contributed by atoms with E-state index >= 15 is 0 Å². The van der Waals surface area contributed by atoms with Gasteiger partial charge in [0.25, 0.3) is 5.82 Å². The molecule has 2 aromatic heterocycles. The summed E-state index contributed by atoms with van der Waals surface area (Å²) in [5.74, 6) is -1.03. The number of rotatable bonds is 2. The predicted octanol–water partition coefficient (Wildman–Crippen LogP) is 2.22. The lowest BCUT2D eigenvalue weighted by molar-refractivity contribution is -0.144. The van der Waals surface area contributed by atoms with Gasteiger partial charge in [0.05, 0.1) is 23.9 Å². The first-order chi connectivity index (χ1) is 9.04. The summed E-state index contributed by atoms with van der Waals surface area (Å²) >= 11 is 0. The van der Waals surface area contributed by atoms with E-state index in [0.717, 1.165) is 11.0 Å². The maximum atomic E-state index is 12.4. The van der Waals surface area contributed by atoms with Crippen LogP contribution >= 0.6 is 0 Å². The Morgan fingerprint density at radius 1 is 1.21 bits per heavy atom. The molecule has 0 aliphatic carbocycles. The van der Waals surface area contributed by atoms with Gasteiger partial charge >= 0.3 is 6.18 Å². The molecule has 2 heterocycles. The smallest absolute Gasteiger partial charge is 0.323 e. The van der Waals surface area contributed by atoms with Gasteiger partial charge in [0.15, 0.2) is 0 Å². The molecule has 98 valence electrons. The summed E-state index contributed by atoms with van der Waals surface area (Å²) in [7, 11) is 0. The maximum Gasteiger partial charge on any atom is 0.453 e. The first kappa shape index (κ1) is 11.7. The van der Waals surface area contributed by atoms with Gasteiger partial charge in [0.2, 0.25) is 0 Å². The summed E-state index contributed by atoms with van der Waals surface area (Å²) in [5, 5.41) is 5.44. The largest absolute Gasteiger partial charge is 0.453 e. The summed E-state index contributed by atoms with van der Waals surface area (Å²) in [6, 6.07) is 7.34. The number of hydrogen-bond donors (Lipinski definition) is 1. The minimum atomic E-state index is -4.54. The van der Waals surface area contributed by atoms with E-state index < -0.39 is 12.0 Å². The number of benzene rings is 1. The SMILES string of the molecule is FC(F)(F)c1n[nH]c(Cn2cnc3ccccc32)n1. The Balaban J connectivity index is 1.91. The Kier molecular flexibility index (Phi) is 2.51. The van der Waals surface area contributed by atoms with Gasteiger partial charge in [0.1, 0.15) is 5.82 Å². The van der Waals surface area contributed by atoms with Crippen LogP contribution in [-0.4, -0.2) is 24.7 Å². The topological polar surface area (TPSA) is 59.4 Å². The molecule has 0 unspecified atom stereocenters. The minimum absolute atomic E-state index is 0.135. The van der Waals surface area contributed by atoms with Gasteiger partial charge in [-0.15, -0.1) is 5.10 Å². The number of aromatic amines is 1. The molecular formula is C11H8F3N5. The van der Waals surface area contributed by atoms with Gasteiger partial charge in [-0.25, -0.2) is 9.97 Å². The highest BCUT2D eigenvalue weighted by Crippen LogP contribution is 2.25. The summed E-state index contributed by atoms with van der Waals surface area (Å²) in [4.78, 5) is 7.57. The first-order valence-corrected chi connectivity index (χ1v) is 5.42.